The van der Waals surface area contributed by atoms with Gasteiger partial charge in [-0.2, -0.15) is 0 Å². The Kier molecular flexibility index (Phi) is 8.08. The molecule has 0 aromatic heterocycles. The number of carbonyl (C=O) groups excluding carboxylic acids is 1. The maximum Gasteiger partial charge on any atom is 0.300 e. The van der Waals surface area contributed by atoms with Crippen molar-refractivity contribution in [2.45, 2.75) is 20.0 Å². The highest BCUT2D eigenvalue weighted by atomic mass is 19.1. The highest BCUT2D eigenvalue weighted by Gasteiger charge is 2.23. The lowest BCUT2D eigenvalue weighted by atomic mass is 10.1. The second kappa shape index (κ2) is 11.2. The molecule has 8 heteroatoms. The summed E-state index contributed by atoms with van der Waals surface area (Å²) in [5.74, 6) is -0.00900. The van der Waals surface area contributed by atoms with Crippen molar-refractivity contribution in [3.8, 4) is 11.5 Å². The Bertz CT molecular complexity index is 1160. The topological polar surface area (TPSA) is 88.1 Å². The zero-order chi connectivity index (χ0) is 24.7. The van der Waals surface area contributed by atoms with E-state index in [1.54, 1.807) is 24.3 Å². The zero-order valence-corrected chi connectivity index (χ0v) is 19.2. The Morgan fingerprint density at radius 1 is 1.15 bits per heavy atom. The van der Waals surface area contributed by atoms with E-state index in [9.17, 15) is 9.18 Å². The van der Waals surface area contributed by atoms with E-state index in [0.717, 1.165) is 30.5 Å². The number of aryl methyl sites for hydroxylation is 1. The Hall–Kier alpha value is -4.07. The van der Waals surface area contributed by atoms with E-state index >= 15 is 0 Å². The van der Waals surface area contributed by atoms with Crippen molar-refractivity contribution >= 4 is 23.3 Å². The van der Waals surface area contributed by atoms with E-state index in [-0.39, 0.29) is 12.0 Å². The summed E-state index contributed by atoms with van der Waals surface area (Å²) >= 11 is 0. The van der Waals surface area contributed by atoms with Gasteiger partial charge in [-0.25, -0.2) is 4.39 Å². The molecular weight excluding hydrogens is 439 g/mol. The fraction of sp³-hybridized carbons (Fsp3) is 0.231. The Balaban J connectivity index is 0.000000751. The first-order valence-electron chi connectivity index (χ1n) is 10.7. The fourth-order valence-electron chi connectivity index (χ4n) is 3.51. The normalized spacial score (nSPS) is 14.1. The number of fused-ring (bicyclic) bond motifs is 1. The van der Waals surface area contributed by atoms with E-state index < -0.39 is 11.8 Å². The lowest BCUT2D eigenvalue weighted by Gasteiger charge is -2.33. The molecule has 1 aliphatic heterocycles. The number of aliphatic carboxylic acids is 1. The molecule has 0 radical (unpaired) electrons. The minimum absolute atomic E-state index is 0.0961. The molecule has 0 saturated carbocycles. The molecule has 1 atom stereocenters. The van der Waals surface area contributed by atoms with Crippen molar-refractivity contribution in [3.63, 3.8) is 0 Å². The second-order valence-corrected chi connectivity index (χ2v) is 7.86. The number of carboxylic acid groups (broad SMARTS) is 1. The van der Waals surface area contributed by atoms with Crippen LogP contribution < -0.4 is 19.7 Å². The SMILES string of the molecule is CC(=O)O.Cc1cc(OC[C@@H]2CN(C)c3ccccc3O2)ccc1C(=O)Nc1cccc(F)c1. The van der Waals surface area contributed by atoms with E-state index in [1.165, 1.54) is 12.1 Å². The number of para-hydroxylation sites is 2. The molecule has 0 aliphatic carbocycles. The summed E-state index contributed by atoms with van der Waals surface area (Å²) in [6.07, 6.45) is -0.0961. The minimum atomic E-state index is -0.833. The average molecular weight is 467 g/mol. The van der Waals surface area contributed by atoms with Crippen molar-refractivity contribution in [2.75, 3.05) is 30.4 Å². The monoisotopic (exact) mass is 466 g/mol. The molecule has 1 amide bonds. The molecule has 1 heterocycles. The predicted octanol–water partition coefficient (Wildman–Crippen LogP) is 4.75. The van der Waals surface area contributed by atoms with Crippen LogP contribution >= 0.6 is 0 Å². The number of halogens is 1. The number of carbonyl (C=O) groups is 2. The van der Waals surface area contributed by atoms with Crippen LogP contribution in [-0.4, -0.2) is 43.3 Å². The third kappa shape index (κ3) is 6.71. The Morgan fingerprint density at radius 3 is 2.59 bits per heavy atom. The molecule has 34 heavy (non-hydrogen) atoms. The highest BCUT2D eigenvalue weighted by Crippen LogP contribution is 2.32. The van der Waals surface area contributed by atoms with Crippen LogP contribution in [0, 0.1) is 12.7 Å². The number of amides is 1. The zero-order valence-electron chi connectivity index (χ0n) is 19.2. The molecule has 0 saturated heterocycles. The van der Waals surface area contributed by atoms with Gasteiger partial charge in [0.25, 0.3) is 11.9 Å². The van der Waals surface area contributed by atoms with Crippen LogP contribution in [-0.2, 0) is 4.79 Å². The van der Waals surface area contributed by atoms with Gasteiger partial charge in [-0.05, 0) is 61.0 Å². The van der Waals surface area contributed by atoms with Gasteiger partial charge in [0, 0.05) is 25.2 Å². The Labute approximate surface area is 197 Å². The lowest BCUT2D eigenvalue weighted by molar-refractivity contribution is -0.134. The summed E-state index contributed by atoms with van der Waals surface area (Å²) in [6, 6.07) is 19.0. The molecule has 0 bridgehead atoms. The molecule has 0 unspecified atom stereocenters. The summed E-state index contributed by atoms with van der Waals surface area (Å²) in [6.45, 7) is 4.05. The van der Waals surface area contributed by atoms with Crippen molar-refractivity contribution in [3.05, 3.63) is 83.7 Å². The largest absolute Gasteiger partial charge is 0.490 e. The van der Waals surface area contributed by atoms with Crippen LogP contribution in [0.25, 0.3) is 0 Å². The number of nitrogens with zero attached hydrogens (tertiary/aromatic N) is 1. The number of rotatable bonds is 5. The number of benzene rings is 3. The number of carboxylic acids is 1. The quantitative estimate of drug-likeness (QED) is 0.564. The molecule has 2 N–H and O–H groups in total. The van der Waals surface area contributed by atoms with Gasteiger partial charge in [0.05, 0.1) is 12.2 Å². The van der Waals surface area contributed by atoms with Crippen LogP contribution in [0.1, 0.15) is 22.8 Å². The van der Waals surface area contributed by atoms with Crippen LogP contribution in [0.4, 0.5) is 15.8 Å². The molecule has 1 aliphatic rings. The number of nitrogens with one attached hydrogen (secondary N) is 1. The standard InChI is InChI=1S/C24H23FN2O3.C2H4O2/c1-16-12-19(10-11-21(16)24(28)26-18-7-5-6-17(25)13-18)29-15-20-14-27(2)22-8-3-4-9-23(22)30-20;1-2(3)4/h3-13,20H,14-15H2,1-2H3,(H,26,28);1H3,(H,3,4)/t20-;/m0./s1. The summed E-state index contributed by atoms with van der Waals surface area (Å²) in [5, 5.41) is 10.1. The van der Waals surface area contributed by atoms with E-state index in [4.69, 9.17) is 19.4 Å². The summed E-state index contributed by atoms with van der Waals surface area (Å²) in [4.78, 5) is 23.7. The van der Waals surface area contributed by atoms with Gasteiger partial charge < -0.3 is 24.8 Å². The number of hydrogen-bond donors (Lipinski definition) is 2. The van der Waals surface area contributed by atoms with E-state index in [1.807, 2.05) is 44.3 Å². The van der Waals surface area contributed by atoms with Crippen LogP contribution in [0.5, 0.6) is 11.5 Å². The molecule has 0 spiro atoms. The van der Waals surface area contributed by atoms with Crippen molar-refractivity contribution < 1.29 is 28.6 Å². The summed E-state index contributed by atoms with van der Waals surface area (Å²) in [7, 11) is 2.03. The maximum atomic E-state index is 13.3. The molecule has 0 fully saturated rings. The van der Waals surface area contributed by atoms with E-state index in [0.29, 0.717) is 23.6 Å². The summed E-state index contributed by atoms with van der Waals surface area (Å²) < 4.78 is 25.3. The number of ether oxygens (including phenoxy) is 2. The van der Waals surface area contributed by atoms with Gasteiger partial charge in [-0.15, -0.1) is 0 Å². The Morgan fingerprint density at radius 2 is 1.88 bits per heavy atom. The molecular formula is C26H27FN2O5. The minimum Gasteiger partial charge on any atom is -0.490 e. The number of hydrogen-bond acceptors (Lipinski definition) is 5. The number of anilines is 2. The van der Waals surface area contributed by atoms with Crippen molar-refractivity contribution in [1.29, 1.82) is 0 Å². The lowest BCUT2D eigenvalue weighted by Crippen LogP contribution is -2.41. The number of likely N-dealkylation sites (N-methyl/N-ethyl adjacent to an activating group) is 1. The molecule has 178 valence electrons. The molecule has 3 aromatic carbocycles. The van der Waals surface area contributed by atoms with Gasteiger partial charge in [-0.1, -0.05) is 18.2 Å². The third-order valence-electron chi connectivity index (χ3n) is 5.01. The molecule has 7 nitrogen and oxygen atoms in total. The smallest absolute Gasteiger partial charge is 0.300 e. The van der Waals surface area contributed by atoms with Gasteiger partial charge in [-0.3, -0.25) is 9.59 Å². The first-order chi connectivity index (χ1) is 16.2. The third-order valence-corrected chi connectivity index (χ3v) is 5.01. The maximum absolute atomic E-state index is 13.3. The average Bonchev–Trinajstić information content (AvgIpc) is 2.77. The van der Waals surface area contributed by atoms with Gasteiger partial charge in [0.1, 0.15) is 30.0 Å². The highest BCUT2D eigenvalue weighted by molar-refractivity contribution is 6.05. The first kappa shape index (κ1) is 24.6. The summed E-state index contributed by atoms with van der Waals surface area (Å²) in [5.41, 5.74) is 2.76. The van der Waals surface area contributed by atoms with Crippen molar-refractivity contribution in [1.82, 2.24) is 0 Å². The van der Waals surface area contributed by atoms with Crippen LogP contribution in [0.2, 0.25) is 0 Å². The predicted molar refractivity (Wildman–Crippen MR) is 128 cm³/mol. The van der Waals surface area contributed by atoms with Crippen molar-refractivity contribution in [2.24, 2.45) is 0 Å². The van der Waals surface area contributed by atoms with E-state index in [2.05, 4.69) is 10.2 Å². The second-order valence-electron chi connectivity index (χ2n) is 7.86. The van der Waals surface area contributed by atoms with Gasteiger partial charge in [0.2, 0.25) is 0 Å². The molecule has 4 rings (SSSR count). The fourth-order valence-corrected chi connectivity index (χ4v) is 3.51. The van der Waals surface area contributed by atoms with Crippen LogP contribution in [0.3, 0.4) is 0 Å². The van der Waals surface area contributed by atoms with Crippen LogP contribution in [0.15, 0.2) is 66.7 Å². The first-order valence-corrected chi connectivity index (χ1v) is 10.7. The van der Waals surface area contributed by atoms with Gasteiger partial charge in [0.15, 0.2) is 0 Å². The molecule has 3 aromatic rings. The van der Waals surface area contributed by atoms with Gasteiger partial charge >= 0.3 is 0 Å².